The zero-order valence-electron chi connectivity index (χ0n) is 17.2. The summed E-state index contributed by atoms with van der Waals surface area (Å²) in [5.41, 5.74) is 2.84. The van der Waals surface area contributed by atoms with E-state index in [9.17, 15) is 14.4 Å². The van der Waals surface area contributed by atoms with Crippen LogP contribution < -0.4 is 5.32 Å². The summed E-state index contributed by atoms with van der Waals surface area (Å²) in [6.07, 6.45) is 5.81. The number of carbonyl (C=O) groups is 3. The van der Waals surface area contributed by atoms with E-state index in [1.807, 2.05) is 25.1 Å². The van der Waals surface area contributed by atoms with Crippen molar-refractivity contribution in [3.63, 3.8) is 0 Å². The van der Waals surface area contributed by atoms with Gasteiger partial charge in [-0.05, 0) is 42.5 Å². The highest BCUT2D eigenvalue weighted by molar-refractivity contribution is 5.91. The Bertz CT molecular complexity index is 753. The van der Waals surface area contributed by atoms with Crippen molar-refractivity contribution in [2.45, 2.75) is 64.5 Å². The van der Waals surface area contributed by atoms with Crippen molar-refractivity contribution in [3.8, 4) is 0 Å². The number of nitrogens with one attached hydrogen (secondary N) is 1. The fraction of sp³-hybridized carbons (Fsp3) is 0.591. The minimum absolute atomic E-state index is 0.00203. The highest BCUT2D eigenvalue weighted by Gasteiger charge is 2.38. The zero-order chi connectivity index (χ0) is 20.3. The molecule has 3 amide bonds. The maximum Gasteiger partial charge on any atom is 0.245 e. The first-order valence-corrected chi connectivity index (χ1v) is 10.3. The van der Waals surface area contributed by atoms with E-state index in [0.29, 0.717) is 19.4 Å². The number of amides is 3. The SMILES string of the molecule is CCCC(=O)Nc1ccc2c(c1)CN(C(=O)C1CCCC1)[C@H](C(=O)N(C)C)C2. The van der Waals surface area contributed by atoms with Gasteiger partial charge in [-0.1, -0.05) is 25.8 Å². The maximum absolute atomic E-state index is 13.2. The second-order valence-corrected chi connectivity index (χ2v) is 8.18. The average molecular weight is 386 g/mol. The van der Waals surface area contributed by atoms with Gasteiger partial charge in [-0.25, -0.2) is 0 Å². The summed E-state index contributed by atoms with van der Waals surface area (Å²) >= 11 is 0. The van der Waals surface area contributed by atoms with Crippen molar-refractivity contribution in [1.82, 2.24) is 9.80 Å². The minimum atomic E-state index is -0.448. The Morgan fingerprint density at radius 1 is 1.14 bits per heavy atom. The van der Waals surface area contributed by atoms with Crippen molar-refractivity contribution < 1.29 is 14.4 Å². The standard InChI is InChI=1S/C22H31N3O3/c1-4-7-20(26)23-18-11-10-16-13-19(22(28)24(2)3)25(14-17(16)12-18)21(27)15-8-5-6-9-15/h10-12,15,19H,4-9,13-14H2,1-3H3,(H,23,26)/t19-/m0/s1. The Morgan fingerprint density at radius 3 is 2.50 bits per heavy atom. The second-order valence-electron chi connectivity index (χ2n) is 8.18. The molecule has 0 spiro atoms. The number of nitrogens with zero attached hydrogens (tertiary/aromatic N) is 2. The number of anilines is 1. The molecule has 1 heterocycles. The number of rotatable bonds is 5. The van der Waals surface area contributed by atoms with E-state index in [1.165, 1.54) is 0 Å². The Labute approximate surface area is 167 Å². The van der Waals surface area contributed by atoms with E-state index >= 15 is 0 Å². The normalized spacial score (nSPS) is 19.2. The van der Waals surface area contributed by atoms with Gasteiger partial charge in [0.05, 0.1) is 0 Å². The van der Waals surface area contributed by atoms with E-state index in [2.05, 4.69) is 5.32 Å². The fourth-order valence-electron chi connectivity index (χ4n) is 4.27. The fourth-order valence-corrected chi connectivity index (χ4v) is 4.27. The first-order chi connectivity index (χ1) is 13.4. The van der Waals surface area contributed by atoms with Gasteiger partial charge in [0.15, 0.2) is 0 Å². The number of carbonyl (C=O) groups excluding carboxylic acids is 3. The molecule has 0 unspecified atom stereocenters. The van der Waals surface area contributed by atoms with Crippen LogP contribution in [0.4, 0.5) is 5.69 Å². The maximum atomic E-state index is 13.2. The summed E-state index contributed by atoms with van der Waals surface area (Å²) < 4.78 is 0. The lowest BCUT2D eigenvalue weighted by molar-refractivity contribution is -0.148. The number of hydrogen-bond acceptors (Lipinski definition) is 3. The van der Waals surface area contributed by atoms with Crippen molar-refractivity contribution in [2.24, 2.45) is 5.92 Å². The molecule has 28 heavy (non-hydrogen) atoms. The first-order valence-electron chi connectivity index (χ1n) is 10.3. The van der Waals surface area contributed by atoms with Crippen LogP contribution in [-0.4, -0.2) is 47.7 Å². The molecule has 0 radical (unpaired) electrons. The summed E-state index contributed by atoms with van der Waals surface area (Å²) in [5, 5.41) is 2.93. The average Bonchev–Trinajstić information content (AvgIpc) is 3.20. The quantitative estimate of drug-likeness (QED) is 0.847. The van der Waals surface area contributed by atoms with Gasteiger partial charge >= 0.3 is 0 Å². The monoisotopic (exact) mass is 385 g/mol. The van der Waals surface area contributed by atoms with Gasteiger partial charge in [0.2, 0.25) is 17.7 Å². The minimum Gasteiger partial charge on any atom is -0.347 e. The number of benzene rings is 1. The first kappa shape index (κ1) is 20.4. The third kappa shape index (κ3) is 4.37. The van der Waals surface area contributed by atoms with Crippen LogP contribution >= 0.6 is 0 Å². The molecule has 1 N–H and O–H groups in total. The molecule has 3 rings (SSSR count). The van der Waals surface area contributed by atoms with Crippen LogP contribution in [0, 0.1) is 5.92 Å². The van der Waals surface area contributed by atoms with Crippen LogP contribution in [0.1, 0.15) is 56.6 Å². The largest absolute Gasteiger partial charge is 0.347 e. The van der Waals surface area contributed by atoms with Crippen LogP contribution in [0.25, 0.3) is 0 Å². The van der Waals surface area contributed by atoms with Gasteiger partial charge < -0.3 is 15.1 Å². The van der Waals surface area contributed by atoms with Gasteiger partial charge in [0.25, 0.3) is 0 Å². The van der Waals surface area contributed by atoms with E-state index in [1.54, 1.807) is 23.9 Å². The molecular weight excluding hydrogens is 354 g/mol. The Morgan fingerprint density at radius 2 is 1.86 bits per heavy atom. The lowest BCUT2D eigenvalue weighted by Crippen LogP contribution is -2.53. The van der Waals surface area contributed by atoms with Crippen LogP contribution in [0.15, 0.2) is 18.2 Å². The summed E-state index contributed by atoms with van der Waals surface area (Å²) in [4.78, 5) is 41.2. The van der Waals surface area contributed by atoms with E-state index in [-0.39, 0.29) is 23.6 Å². The van der Waals surface area contributed by atoms with Gasteiger partial charge in [0, 0.05) is 45.1 Å². The van der Waals surface area contributed by atoms with Gasteiger partial charge in [-0.15, -0.1) is 0 Å². The molecule has 6 nitrogen and oxygen atoms in total. The molecule has 2 aliphatic rings. The van der Waals surface area contributed by atoms with Gasteiger partial charge in [-0.2, -0.15) is 0 Å². The molecule has 0 saturated heterocycles. The molecule has 1 aromatic carbocycles. The molecular formula is C22H31N3O3. The predicted octanol–water partition coefficient (Wildman–Crippen LogP) is 2.96. The van der Waals surface area contributed by atoms with E-state index < -0.39 is 6.04 Å². The molecule has 1 fully saturated rings. The molecule has 152 valence electrons. The lowest BCUT2D eigenvalue weighted by Gasteiger charge is -2.38. The highest BCUT2D eigenvalue weighted by Crippen LogP contribution is 2.32. The molecule has 0 aromatic heterocycles. The highest BCUT2D eigenvalue weighted by atomic mass is 16.2. The zero-order valence-corrected chi connectivity index (χ0v) is 17.2. The Kier molecular flexibility index (Phi) is 6.37. The smallest absolute Gasteiger partial charge is 0.245 e. The van der Waals surface area contributed by atoms with E-state index in [0.717, 1.165) is 48.9 Å². The van der Waals surface area contributed by atoms with E-state index in [4.69, 9.17) is 0 Å². The molecule has 1 atom stereocenters. The molecule has 1 aromatic rings. The summed E-state index contributed by atoms with van der Waals surface area (Å²) in [7, 11) is 3.48. The summed E-state index contributed by atoms with van der Waals surface area (Å²) in [6, 6.07) is 5.37. The Hall–Kier alpha value is -2.37. The molecule has 1 aliphatic heterocycles. The molecule has 6 heteroatoms. The summed E-state index contributed by atoms with van der Waals surface area (Å²) in [6.45, 7) is 2.40. The third-order valence-corrected chi connectivity index (χ3v) is 5.81. The van der Waals surface area contributed by atoms with Crippen LogP contribution in [0.3, 0.4) is 0 Å². The van der Waals surface area contributed by atoms with Crippen LogP contribution in [0.2, 0.25) is 0 Å². The Balaban J connectivity index is 1.86. The number of hydrogen-bond donors (Lipinski definition) is 1. The second kappa shape index (κ2) is 8.76. The lowest BCUT2D eigenvalue weighted by atomic mass is 9.91. The number of likely N-dealkylation sites (N-methyl/N-ethyl adjacent to an activating group) is 1. The number of fused-ring (bicyclic) bond motifs is 1. The van der Waals surface area contributed by atoms with Crippen LogP contribution in [0.5, 0.6) is 0 Å². The molecule has 1 aliphatic carbocycles. The van der Waals surface area contributed by atoms with Crippen molar-refractivity contribution >= 4 is 23.4 Å². The molecule has 0 bridgehead atoms. The van der Waals surface area contributed by atoms with Gasteiger partial charge in [0.1, 0.15) is 6.04 Å². The molecule has 1 saturated carbocycles. The van der Waals surface area contributed by atoms with Gasteiger partial charge in [-0.3, -0.25) is 14.4 Å². The van der Waals surface area contributed by atoms with Crippen molar-refractivity contribution in [1.29, 1.82) is 0 Å². The third-order valence-electron chi connectivity index (χ3n) is 5.81. The summed E-state index contributed by atoms with van der Waals surface area (Å²) in [5.74, 6) is 0.102. The van der Waals surface area contributed by atoms with Crippen molar-refractivity contribution in [3.05, 3.63) is 29.3 Å². The topological polar surface area (TPSA) is 69.7 Å². The van der Waals surface area contributed by atoms with Crippen molar-refractivity contribution in [2.75, 3.05) is 19.4 Å². The predicted molar refractivity (Wildman–Crippen MR) is 109 cm³/mol. The van der Waals surface area contributed by atoms with Crippen LogP contribution in [-0.2, 0) is 27.3 Å².